The maximum atomic E-state index is 10.9. The summed E-state index contributed by atoms with van der Waals surface area (Å²) in [5.41, 5.74) is 0.155. The van der Waals surface area contributed by atoms with Gasteiger partial charge in [-0.1, -0.05) is 6.92 Å². The van der Waals surface area contributed by atoms with Crippen LogP contribution in [0.25, 0.3) is 0 Å². The van der Waals surface area contributed by atoms with Crippen LogP contribution in [-0.2, 0) is 9.53 Å². The summed E-state index contributed by atoms with van der Waals surface area (Å²) in [6.07, 6.45) is 2.11. The second-order valence-corrected chi connectivity index (χ2v) is 4.84. The van der Waals surface area contributed by atoms with Gasteiger partial charge in [0.05, 0.1) is 13.2 Å². The molecule has 2 fully saturated rings. The predicted molar refractivity (Wildman–Crippen MR) is 51.1 cm³/mol. The lowest BCUT2D eigenvalue weighted by Crippen LogP contribution is -2.51. The SMILES string of the molecule is CC1(CNC(C(=O)O)C2CC2)COC1. The first kappa shape index (κ1) is 9.93. The summed E-state index contributed by atoms with van der Waals surface area (Å²) in [6, 6.07) is -0.340. The fourth-order valence-corrected chi connectivity index (χ4v) is 1.79. The van der Waals surface area contributed by atoms with E-state index < -0.39 is 5.97 Å². The van der Waals surface area contributed by atoms with Gasteiger partial charge in [-0.25, -0.2) is 0 Å². The van der Waals surface area contributed by atoms with Crippen molar-refractivity contribution in [1.82, 2.24) is 5.32 Å². The molecule has 0 aromatic rings. The molecule has 80 valence electrons. The van der Waals surface area contributed by atoms with E-state index in [1.807, 2.05) is 0 Å². The van der Waals surface area contributed by atoms with Crippen LogP contribution in [0.1, 0.15) is 19.8 Å². The number of aliphatic carboxylic acids is 1. The van der Waals surface area contributed by atoms with Crippen LogP contribution in [0.2, 0.25) is 0 Å². The maximum absolute atomic E-state index is 10.9. The monoisotopic (exact) mass is 199 g/mol. The summed E-state index contributed by atoms with van der Waals surface area (Å²) in [5, 5.41) is 12.1. The van der Waals surface area contributed by atoms with E-state index in [0.717, 1.165) is 32.6 Å². The largest absolute Gasteiger partial charge is 0.480 e. The van der Waals surface area contributed by atoms with Crippen LogP contribution in [0, 0.1) is 11.3 Å². The lowest BCUT2D eigenvalue weighted by Gasteiger charge is -2.38. The van der Waals surface area contributed by atoms with Crippen molar-refractivity contribution in [1.29, 1.82) is 0 Å². The number of hydrogen-bond donors (Lipinski definition) is 2. The molecule has 2 aliphatic rings. The van der Waals surface area contributed by atoms with Gasteiger partial charge in [0.15, 0.2) is 0 Å². The van der Waals surface area contributed by atoms with Crippen molar-refractivity contribution >= 4 is 5.97 Å². The van der Waals surface area contributed by atoms with Crippen LogP contribution < -0.4 is 5.32 Å². The minimum atomic E-state index is -0.712. The van der Waals surface area contributed by atoms with Gasteiger partial charge in [0.2, 0.25) is 0 Å². The van der Waals surface area contributed by atoms with Crippen LogP contribution >= 0.6 is 0 Å². The molecule has 0 spiro atoms. The highest BCUT2D eigenvalue weighted by molar-refractivity contribution is 5.74. The highest BCUT2D eigenvalue weighted by Crippen LogP contribution is 2.33. The summed E-state index contributed by atoms with van der Waals surface area (Å²) in [6.45, 7) is 4.36. The molecular formula is C10H17NO3. The van der Waals surface area contributed by atoms with Gasteiger partial charge in [-0.3, -0.25) is 4.79 Å². The molecule has 0 aromatic carbocycles. The number of carboxylic acids is 1. The van der Waals surface area contributed by atoms with Gasteiger partial charge in [0.25, 0.3) is 0 Å². The molecule has 0 bridgehead atoms. The van der Waals surface area contributed by atoms with Crippen LogP contribution in [0.4, 0.5) is 0 Å². The van der Waals surface area contributed by atoms with Crippen molar-refractivity contribution < 1.29 is 14.6 Å². The number of hydrogen-bond acceptors (Lipinski definition) is 3. The molecule has 1 heterocycles. The molecule has 1 saturated carbocycles. The van der Waals surface area contributed by atoms with Crippen LogP contribution in [0.5, 0.6) is 0 Å². The zero-order valence-corrected chi connectivity index (χ0v) is 8.45. The molecule has 1 saturated heterocycles. The van der Waals surface area contributed by atoms with Crippen molar-refractivity contribution in [3.63, 3.8) is 0 Å². The summed E-state index contributed by atoms with van der Waals surface area (Å²) >= 11 is 0. The number of ether oxygens (including phenoxy) is 1. The van der Waals surface area contributed by atoms with E-state index in [1.165, 1.54) is 0 Å². The van der Waals surface area contributed by atoms with Crippen molar-refractivity contribution in [2.45, 2.75) is 25.8 Å². The molecule has 4 heteroatoms. The molecule has 14 heavy (non-hydrogen) atoms. The third-order valence-electron chi connectivity index (χ3n) is 3.01. The smallest absolute Gasteiger partial charge is 0.320 e. The Kier molecular flexibility index (Phi) is 2.49. The van der Waals surface area contributed by atoms with Crippen LogP contribution in [0.3, 0.4) is 0 Å². The molecule has 1 aliphatic heterocycles. The summed E-state index contributed by atoms with van der Waals surface area (Å²) in [5.74, 6) is -0.353. The highest BCUT2D eigenvalue weighted by atomic mass is 16.5. The Morgan fingerprint density at radius 3 is 2.64 bits per heavy atom. The molecule has 2 N–H and O–H groups in total. The molecule has 0 radical (unpaired) electrons. The Labute approximate surface area is 83.6 Å². The molecule has 4 nitrogen and oxygen atoms in total. The van der Waals surface area contributed by atoms with Gasteiger partial charge >= 0.3 is 5.97 Å². The second-order valence-electron chi connectivity index (χ2n) is 4.84. The van der Waals surface area contributed by atoms with Crippen molar-refractivity contribution in [2.24, 2.45) is 11.3 Å². The van der Waals surface area contributed by atoms with Gasteiger partial charge in [-0.05, 0) is 18.8 Å². The summed E-state index contributed by atoms with van der Waals surface area (Å²) < 4.78 is 5.12. The first-order chi connectivity index (χ1) is 6.61. The van der Waals surface area contributed by atoms with Gasteiger partial charge in [-0.2, -0.15) is 0 Å². The molecule has 1 aliphatic carbocycles. The van der Waals surface area contributed by atoms with Crippen molar-refractivity contribution in [3.05, 3.63) is 0 Å². The van der Waals surface area contributed by atoms with Gasteiger partial charge in [0.1, 0.15) is 6.04 Å². The molecular weight excluding hydrogens is 182 g/mol. The first-order valence-corrected chi connectivity index (χ1v) is 5.15. The Morgan fingerprint density at radius 1 is 1.64 bits per heavy atom. The minimum Gasteiger partial charge on any atom is -0.480 e. The fraction of sp³-hybridized carbons (Fsp3) is 0.900. The summed E-state index contributed by atoms with van der Waals surface area (Å²) in [4.78, 5) is 10.9. The average molecular weight is 199 g/mol. The first-order valence-electron chi connectivity index (χ1n) is 5.15. The van der Waals surface area contributed by atoms with E-state index >= 15 is 0 Å². The Hall–Kier alpha value is -0.610. The normalized spacial score (nSPS) is 26.6. The van der Waals surface area contributed by atoms with Gasteiger partial charge in [0, 0.05) is 12.0 Å². The minimum absolute atomic E-state index is 0.155. The number of carboxylic acid groups (broad SMARTS) is 1. The fourth-order valence-electron chi connectivity index (χ4n) is 1.79. The molecule has 1 atom stereocenters. The second kappa shape index (κ2) is 3.51. The zero-order valence-electron chi connectivity index (χ0n) is 8.45. The Bertz CT molecular complexity index is 234. The lowest BCUT2D eigenvalue weighted by molar-refractivity contribution is -0.141. The van der Waals surface area contributed by atoms with Crippen molar-refractivity contribution in [2.75, 3.05) is 19.8 Å². The Morgan fingerprint density at radius 2 is 2.29 bits per heavy atom. The molecule has 1 unspecified atom stereocenters. The summed E-state index contributed by atoms with van der Waals surface area (Å²) in [7, 11) is 0. The van der Waals surface area contributed by atoms with Gasteiger partial charge in [-0.15, -0.1) is 0 Å². The molecule has 0 amide bonds. The highest BCUT2D eigenvalue weighted by Gasteiger charge is 2.39. The van der Waals surface area contributed by atoms with E-state index in [2.05, 4.69) is 12.2 Å². The number of rotatable bonds is 5. The topological polar surface area (TPSA) is 58.6 Å². The zero-order chi connectivity index (χ0) is 10.2. The van der Waals surface area contributed by atoms with E-state index in [-0.39, 0.29) is 11.5 Å². The maximum Gasteiger partial charge on any atom is 0.320 e. The third-order valence-corrected chi connectivity index (χ3v) is 3.01. The standard InChI is InChI=1S/C10H17NO3/c1-10(5-14-6-10)4-11-8(9(12)13)7-2-3-7/h7-8,11H,2-6H2,1H3,(H,12,13). The van der Waals surface area contributed by atoms with E-state index in [4.69, 9.17) is 9.84 Å². The van der Waals surface area contributed by atoms with Gasteiger partial charge < -0.3 is 15.2 Å². The van der Waals surface area contributed by atoms with E-state index in [9.17, 15) is 4.79 Å². The molecule has 2 rings (SSSR count). The van der Waals surface area contributed by atoms with Crippen LogP contribution in [-0.4, -0.2) is 36.9 Å². The Balaban J connectivity index is 1.79. The third kappa shape index (κ3) is 2.07. The number of carbonyl (C=O) groups is 1. The predicted octanol–water partition coefficient (Wildman–Crippen LogP) is 0.476. The van der Waals surface area contributed by atoms with E-state index in [0.29, 0.717) is 5.92 Å². The van der Waals surface area contributed by atoms with Crippen LogP contribution in [0.15, 0.2) is 0 Å². The van der Waals surface area contributed by atoms with Crippen molar-refractivity contribution in [3.8, 4) is 0 Å². The lowest BCUT2D eigenvalue weighted by atomic mass is 9.88. The number of nitrogens with one attached hydrogen (secondary N) is 1. The quantitative estimate of drug-likeness (QED) is 0.676. The molecule has 0 aromatic heterocycles. The van der Waals surface area contributed by atoms with E-state index in [1.54, 1.807) is 0 Å². The average Bonchev–Trinajstić information content (AvgIpc) is 2.84.